The van der Waals surface area contributed by atoms with E-state index in [-0.39, 0.29) is 11.4 Å². The lowest BCUT2D eigenvalue weighted by Crippen LogP contribution is -2.36. The first kappa shape index (κ1) is 23.7. The average molecular weight is 460 g/mol. The molecule has 1 saturated heterocycles. The third-order valence-corrected chi connectivity index (χ3v) is 7.12. The van der Waals surface area contributed by atoms with Gasteiger partial charge in [0.15, 0.2) is 0 Å². The van der Waals surface area contributed by atoms with Crippen LogP contribution in [0.25, 0.3) is 0 Å². The monoisotopic (exact) mass is 459 g/mol. The Hall–Kier alpha value is -2.91. The molecule has 0 saturated carbocycles. The number of ether oxygens (including phenoxy) is 1. The summed E-state index contributed by atoms with van der Waals surface area (Å²) in [6.07, 6.45) is 3.33. The van der Waals surface area contributed by atoms with Crippen LogP contribution < -0.4 is 15.4 Å². The van der Waals surface area contributed by atoms with Gasteiger partial charge in [0, 0.05) is 25.3 Å². The molecular weight excluding hydrogens is 430 g/mol. The quantitative estimate of drug-likeness (QED) is 0.591. The number of hydrogen-bond acceptors (Lipinski definition) is 5. The summed E-state index contributed by atoms with van der Waals surface area (Å²) in [5.74, 6) is -0.801. The van der Waals surface area contributed by atoms with E-state index in [1.54, 1.807) is 48.5 Å². The highest BCUT2D eigenvalue weighted by atomic mass is 32.2. The molecule has 32 heavy (non-hydrogen) atoms. The van der Waals surface area contributed by atoms with Crippen LogP contribution in [0, 0.1) is 0 Å². The molecule has 0 aliphatic carbocycles. The van der Waals surface area contributed by atoms with Crippen LogP contribution in [0.15, 0.2) is 53.4 Å². The SMILES string of the molecule is CCOc1ccc(NC(=O)C(=O)NCCc2ccc(S(=O)(=O)N3CCCCC3)cc2)cc1. The van der Waals surface area contributed by atoms with Gasteiger partial charge in [-0.3, -0.25) is 9.59 Å². The summed E-state index contributed by atoms with van der Waals surface area (Å²) < 4.78 is 32.3. The Morgan fingerprint density at radius 2 is 1.59 bits per heavy atom. The van der Waals surface area contributed by atoms with Crippen LogP contribution in [0.1, 0.15) is 31.7 Å². The van der Waals surface area contributed by atoms with Gasteiger partial charge in [0.05, 0.1) is 11.5 Å². The average Bonchev–Trinajstić information content (AvgIpc) is 2.81. The molecule has 1 fully saturated rings. The Bertz CT molecular complexity index is 1010. The minimum atomic E-state index is -3.46. The van der Waals surface area contributed by atoms with Crippen LogP contribution in [0.5, 0.6) is 5.75 Å². The molecule has 1 heterocycles. The second kappa shape index (κ2) is 11.1. The van der Waals surface area contributed by atoms with Crippen molar-refractivity contribution < 1.29 is 22.7 Å². The molecule has 2 aromatic carbocycles. The molecule has 0 bridgehead atoms. The molecule has 172 valence electrons. The van der Waals surface area contributed by atoms with Crippen molar-refractivity contribution >= 4 is 27.5 Å². The number of amides is 2. The van der Waals surface area contributed by atoms with E-state index in [1.165, 1.54) is 4.31 Å². The van der Waals surface area contributed by atoms with Crippen LogP contribution in [-0.2, 0) is 26.0 Å². The second-order valence-corrected chi connectivity index (χ2v) is 9.46. The van der Waals surface area contributed by atoms with Crippen LogP contribution in [0.4, 0.5) is 5.69 Å². The van der Waals surface area contributed by atoms with Crippen molar-refractivity contribution in [1.82, 2.24) is 9.62 Å². The van der Waals surface area contributed by atoms with E-state index in [9.17, 15) is 18.0 Å². The van der Waals surface area contributed by atoms with Crippen LogP contribution >= 0.6 is 0 Å². The fourth-order valence-electron chi connectivity index (χ4n) is 3.47. The number of hydrogen-bond donors (Lipinski definition) is 2. The predicted octanol–water partition coefficient (Wildman–Crippen LogP) is 2.56. The van der Waals surface area contributed by atoms with Crippen molar-refractivity contribution in [3.63, 3.8) is 0 Å². The van der Waals surface area contributed by atoms with Gasteiger partial charge in [-0.1, -0.05) is 18.6 Å². The molecule has 3 rings (SSSR count). The molecule has 0 radical (unpaired) electrons. The summed E-state index contributed by atoms with van der Waals surface area (Å²) in [5.41, 5.74) is 1.37. The predicted molar refractivity (Wildman–Crippen MR) is 122 cm³/mol. The highest BCUT2D eigenvalue weighted by Crippen LogP contribution is 2.21. The van der Waals surface area contributed by atoms with Gasteiger partial charge in [0.1, 0.15) is 5.75 Å². The number of carbonyl (C=O) groups is 2. The fraction of sp³-hybridized carbons (Fsp3) is 0.391. The van der Waals surface area contributed by atoms with Crippen molar-refractivity contribution in [3.05, 3.63) is 54.1 Å². The molecule has 2 N–H and O–H groups in total. The molecule has 1 aliphatic heterocycles. The lowest BCUT2D eigenvalue weighted by atomic mass is 10.1. The van der Waals surface area contributed by atoms with Gasteiger partial charge in [-0.2, -0.15) is 4.31 Å². The Labute approximate surface area is 189 Å². The molecule has 1 aliphatic rings. The molecule has 8 nitrogen and oxygen atoms in total. The zero-order valence-electron chi connectivity index (χ0n) is 18.2. The summed E-state index contributed by atoms with van der Waals surface area (Å²) in [5, 5.41) is 5.11. The van der Waals surface area contributed by atoms with Gasteiger partial charge in [0.2, 0.25) is 10.0 Å². The third-order valence-electron chi connectivity index (χ3n) is 5.20. The van der Waals surface area contributed by atoms with E-state index < -0.39 is 21.8 Å². The standard InChI is InChI=1S/C23H29N3O5S/c1-2-31-20-10-8-19(9-11-20)25-23(28)22(27)24-15-14-18-6-12-21(13-7-18)32(29,30)26-16-4-3-5-17-26/h6-13H,2-5,14-17H2,1H3,(H,24,27)(H,25,28). The number of anilines is 1. The molecule has 0 atom stereocenters. The Morgan fingerprint density at radius 3 is 2.22 bits per heavy atom. The second-order valence-electron chi connectivity index (χ2n) is 7.53. The summed E-state index contributed by atoms with van der Waals surface area (Å²) in [7, 11) is -3.46. The molecule has 0 unspecified atom stereocenters. The Morgan fingerprint density at radius 1 is 0.938 bits per heavy atom. The molecule has 9 heteroatoms. The Balaban J connectivity index is 1.46. The number of rotatable bonds is 8. The fourth-order valence-corrected chi connectivity index (χ4v) is 4.99. The van der Waals surface area contributed by atoms with Gasteiger partial charge in [0.25, 0.3) is 0 Å². The maximum atomic E-state index is 12.7. The number of benzene rings is 2. The van der Waals surface area contributed by atoms with Crippen molar-refractivity contribution in [1.29, 1.82) is 0 Å². The number of carbonyl (C=O) groups excluding carboxylic acids is 2. The van der Waals surface area contributed by atoms with Gasteiger partial charge < -0.3 is 15.4 Å². The minimum absolute atomic E-state index is 0.258. The van der Waals surface area contributed by atoms with E-state index in [0.717, 1.165) is 24.8 Å². The van der Waals surface area contributed by atoms with E-state index >= 15 is 0 Å². The summed E-state index contributed by atoms with van der Waals surface area (Å²) in [6, 6.07) is 13.4. The largest absolute Gasteiger partial charge is 0.494 e. The number of sulfonamides is 1. The molecule has 2 aromatic rings. The molecule has 2 amide bonds. The first-order valence-corrected chi connectivity index (χ1v) is 12.3. The van der Waals surface area contributed by atoms with Crippen molar-refractivity contribution in [2.75, 3.05) is 31.6 Å². The number of piperidine rings is 1. The van der Waals surface area contributed by atoms with E-state index in [2.05, 4.69) is 10.6 Å². The third kappa shape index (κ3) is 6.30. The van der Waals surface area contributed by atoms with E-state index in [1.807, 2.05) is 6.92 Å². The zero-order valence-corrected chi connectivity index (χ0v) is 19.0. The number of nitrogens with one attached hydrogen (secondary N) is 2. The minimum Gasteiger partial charge on any atom is -0.494 e. The lowest BCUT2D eigenvalue weighted by molar-refractivity contribution is -0.136. The zero-order chi connectivity index (χ0) is 23.0. The van der Waals surface area contributed by atoms with Crippen molar-refractivity contribution in [3.8, 4) is 5.75 Å². The molecule has 0 aromatic heterocycles. The van der Waals surface area contributed by atoms with Crippen LogP contribution in [-0.4, -0.2) is 50.8 Å². The first-order chi connectivity index (χ1) is 15.4. The summed E-state index contributed by atoms with van der Waals surface area (Å²) in [4.78, 5) is 24.4. The number of nitrogens with zero attached hydrogens (tertiary/aromatic N) is 1. The van der Waals surface area contributed by atoms with Gasteiger partial charge in [-0.25, -0.2) is 8.42 Å². The smallest absolute Gasteiger partial charge is 0.313 e. The van der Waals surface area contributed by atoms with E-state index in [4.69, 9.17) is 4.74 Å². The van der Waals surface area contributed by atoms with Crippen LogP contribution in [0.3, 0.4) is 0 Å². The summed E-state index contributed by atoms with van der Waals surface area (Å²) >= 11 is 0. The molecule has 0 spiro atoms. The van der Waals surface area contributed by atoms with E-state index in [0.29, 0.717) is 37.6 Å². The van der Waals surface area contributed by atoms with Gasteiger partial charge in [-0.05, 0) is 68.1 Å². The van der Waals surface area contributed by atoms with Gasteiger partial charge in [-0.15, -0.1) is 0 Å². The normalized spacial score (nSPS) is 14.5. The van der Waals surface area contributed by atoms with Gasteiger partial charge >= 0.3 is 11.8 Å². The lowest BCUT2D eigenvalue weighted by Gasteiger charge is -2.25. The first-order valence-electron chi connectivity index (χ1n) is 10.8. The van der Waals surface area contributed by atoms with Crippen LogP contribution in [0.2, 0.25) is 0 Å². The molecular formula is C23H29N3O5S. The maximum Gasteiger partial charge on any atom is 0.313 e. The van der Waals surface area contributed by atoms with Crippen molar-refractivity contribution in [2.24, 2.45) is 0 Å². The summed E-state index contributed by atoms with van der Waals surface area (Å²) in [6.45, 7) is 3.81. The maximum absolute atomic E-state index is 12.7. The van der Waals surface area contributed by atoms with Crippen molar-refractivity contribution in [2.45, 2.75) is 37.5 Å². The highest BCUT2D eigenvalue weighted by Gasteiger charge is 2.25. The topological polar surface area (TPSA) is 105 Å². The Kier molecular flexibility index (Phi) is 8.24. The highest BCUT2D eigenvalue weighted by molar-refractivity contribution is 7.89.